The molecule has 17 heavy (non-hydrogen) atoms. The van der Waals surface area contributed by atoms with Crippen molar-refractivity contribution in [2.24, 2.45) is 5.92 Å². The fourth-order valence-corrected chi connectivity index (χ4v) is 2.07. The largest absolute Gasteiger partial charge is 0.446 e. The highest BCUT2D eigenvalue weighted by molar-refractivity contribution is 5.68. The van der Waals surface area contributed by atoms with Gasteiger partial charge in [-0.05, 0) is 52.4 Å². The highest BCUT2D eigenvalue weighted by Gasteiger charge is 2.25. The van der Waals surface area contributed by atoms with Crippen molar-refractivity contribution in [2.45, 2.75) is 64.5 Å². The maximum atomic E-state index is 11.5. The molecule has 4 heteroatoms. The minimum absolute atomic E-state index is 0.0206. The second-order valence-corrected chi connectivity index (χ2v) is 5.79. The Hall–Kier alpha value is -1.24. The summed E-state index contributed by atoms with van der Waals surface area (Å²) in [6.07, 6.45) is 4.05. The number of rotatable bonds is 2. The molecule has 0 spiro atoms. The third kappa shape index (κ3) is 5.58. The predicted molar refractivity (Wildman–Crippen MR) is 65.3 cm³/mol. The van der Waals surface area contributed by atoms with Gasteiger partial charge in [-0.1, -0.05) is 0 Å². The molecular weight excluding hydrogens is 216 g/mol. The summed E-state index contributed by atoms with van der Waals surface area (Å²) in [7, 11) is 0. The maximum Gasteiger partial charge on any atom is 0.407 e. The van der Waals surface area contributed by atoms with Gasteiger partial charge in [0.25, 0.3) is 0 Å². The first-order valence-electron chi connectivity index (χ1n) is 6.26. The number of nitrogens with zero attached hydrogens (tertiary/aromatic N) is 1. The van der Waals surface area contributed by atoms with Gasteiger partial charge in [0, 0.05) is 12.0 Å². The molecule has 0 aliphatic heterocycles. The van der Waals surface area contributed by atoms with Gasteiger partial charge in [-0.2, -0.15) is 5.26 Å². The molecule has 1 aliphatic carbocycles. The second-order valence-electron chi connectivity index (χ2n) is 5.79. The average molecular weight is 238 g/mol. The summed E-state index contributed by atoms with van der Waals surface area (Å²) in [6.45, 7) is 5.79. The quantitative estimate of drug-likeness (QED) is 0.804. The smallest absolute Gasteiger partial charge is 0.407 e. The minimum atomic E-state index is -0.332. The molecule has 1 aliphatic rings. The van der Waals surface area contributed by atoms with Crippen LogP contribution in [0.2, 0.25) is 0 Å². The molecule has 0 saturated heterocycles. The highest BCUT2D eigenvalue weighted by Crippen LogP contribution is 2.28. The third-order valence-electron chi connectivity index (χ3n) is 2.92. The molecule has 1 N–H and O–H groups in total. The van der Waals surface area contributed by atoms with Gasteiger partial charge < -0.3 is 10.1 Å². The molecule has 1 amide bonds. The predicted octanol–water partition coefficient (Wildman–Crippen LogP) is 2.98. The van der Waals surface area contributed by atoms with E-state index in [0.717, 1.165) is 25.7 Å². The first-order valence-corrected chi connectivity index (χ1v) is 6.26. The summed E-state index contributed by atoms with van der Waals surface area (Å²) in [4.78, 5) is 11.5. The Morgan fingerprint density at radius 2 is 1.94 bits per heavy atom. The number of hydrogen-bond donors (Lipinski definition) is 1. The molecule has 4 nitrogen and oxygen atoms in total. The number of amides is 1. The molecule has 0 bridgehead atoms. The molecule has 0 aromatic heterocycles. The molecule has 0 radical (unpaired) electrons. The molecule has 1 saturated carbocycles. The lowest BCUT2D eigenvalue weighted by molar-refractivity contribution is 0.0603. The standard InChI is InChI=1S/C13H22N2O2/c1-13(2,3)15-12(16)17-11-6-4-10(5-7-11)8-9-14/h10-11H,4-8H2,1-3H3,(H,15,16). The van der Waals surface area contributed by atoms with E-state index in [-0.39, 0.29) is 17.7 Å². The Morgan fingerprint density at radius 1 is 1.35 bits per heavy atom. The molecule has 1 fully saturated rings. The molecule has 0 unspecified atom stereocenters. The Balaban J connectivity index is 2.27. The number of alkyl carbamates (subject to hydrolysis) is 1. The number of nitriles is 1. The lowest BCUT2D eigenvalue weighted by Crippen LogP contribution is -2.42. The first kappa shape index (κ1) is 13.8. The van der Waals surface area contributed by atoms with Gasteiger partial charge in [0.2, 0.25) is 0 Å². The SMILES string of the molecule is CC(C)(C)NC(=O)OC1CCC(CC#N)CC1. The molecule has 0 atom stereocenters. The van der Waals surface area contributed by atoms with E-state index < -0.39 is 0 Å². The van der Waals surface area contributed by atoms with Crippen LogP contribution in [-0.2, 0) is 4.74 Å². The van der Waals surface area contributed by atoms with Crippen LogP contribution in [-0.4, -0.2) is 17.7 Å². The fraction of sp³-hybridized carbons (Fsp3) is 0.846. The molecule has 1 rings (SSSR count). The van der Waals surface area contributed by atoms with Gasteiger partial charge in [-0.25, -0.2) is 4.79 Å². The highest BCUT2D eigenvalue weighted by atomic mass is 16.6. The topological polar surface area (TPSA) is 62.1 Å². The number of ether oxygens (including phenoxy) is 1. The first-order chi connectivity index (χ1) is 7.90. The van der Waals surface area contributed by atoms with Crippen molar-refractivity contribution in [2.75, 3.05) is 0 Å². The zero-order chi connectivity index (χ0) is 12.9. The third-order valence-corrected chi connectivity index (χ3v) is 2.92. The number of carbonyl (C=O) groups excluding carboxylic acids is 1. The molecule has 0 aromatic rings. The minimum Gasteiger partial charge on any atom is -0.446 e. The number of hydrogen-bond acceptors (Lipinski definition) is 3. The molecule has 0 heterocycles. The Bertz CT molecular complexity index is 294. The monoisotopic (exact) mass is 238 g/mol. The van der Waals surface area contributed by atoms with Crippen molar-refractivity contribution >= 4 is 6.09 Å². The normalized spacial score (nSPS) is 24.8. The van der Waals surface area contributed by atoms with Gasteiger partial charge in [0.15, 0.2) is 0 Å². The second kappa shape index (κ2) is 5.90. The van der Waals surface area contributed by atoms with E-state index in [4.69, 9.17) is 10.00 Å². The van der Waals surface area contributed by atoms with Crippen molar-refractivity contribution in [3.05, 3.63) is 0 Å². The van der Waals surface area contributed by atoms with Crippen LogP contribution in [0.1, 0.15) is 52.9 Å². The van der Waals surface area contributed by atoms with Crippen molar-refractivity contribution in [3.63, 3.8) is 0 Å². The van der Waals surface area contributed by atoms with Crippen LogP contribution in [0.25, 0.3) is 0 Å². The van der Waals surface area contributed by atoms with Gasteiger partial charge in [0.1, 0.15) is 6.10 Å². The Labute approximate surface area is 103 Å². The maximum absolute atomic E-state index is 11.5. The summed E-state index contributed by atoms with van der Waals surface area (Å²) in [5, 5.41) is 11.4. The summed E-state index contributed by atoms with van der Waals surface area (Å²) in [5.74, 6) is 0.491. The van der Waals surface area contributed by atoms with E-state index in [9.17, 15) is 4.79 Å². The number of nitrogens with one attached hydrogen (secondary N) is 1. The van der Waals surface area contributed by atoms with E-state index >= 15 is 0 Å². The zero-order valence-corrected chi connectivity index (χ0v) is 11.0. The van der Waals surface area contributed by atoms with E-state index in [1.165, 1.54) is 0 Å². The molecule has 96 valence electrons. The Kier molecular flexibility index (Phi) is 4.80. The number of carbonyl (C=O) groups is 1. The van der Waals surface area contributed by atoms with E-state index in [1.807, 2.05) is 20.8 Å². The van der Waals surface area contributed by atoms with Crippen LogP contribution in [0.5, 0.6) is 0 Å². The summed E-state index contributed by atoms with van der Waals surface area (Å²) in [6, 6.07) is 2.20. The average Bonchev–Trinajstić information content (AvgIpc) is 2.18. The Morgan fingerprint density at radius 3 is 2.41 bits per heavy atom. The zero-order valence-electron chi connectivity index (χ0n) is 11.0. The van der Waals surface area contributed by atoms with Crippen molar-refractivity contribution < 1.29 is 9.53 Å². The van der Waals surface area contributed by atoms with Crippen LogP contribution in [0.3, 0.4) is 0 Å². The summed E-state index contributed by atoms with van der Waals surface area (Å²) in [5.41, 5.74) is -0.255. The lowest BCUT2D eigenvalue weighted by atomic mass is 9.86. The van der Waals surface area contributed by atoms with Crippen LogP contribution in [0, 0.1) is 17.2 Å². The summed E-state index contributed by atoms with van der Waals surface area (Å²) < 4.78 is 5.36. The van der Waals surface area contributed by atoms with Crippen LogP contribution >= 0.6 is 0 Å². The van der Waals surface area contributed by atoms with E-state index in [2.05, 4.69) is 11.4 Å². The van der Waals surface area contributed by atoms with E-state index in [1.54, 1.807) is 0 Å². The molecule has 0 aromatic carbocycles. The lowest BCUT2D eigenvalue weighted by Gasteiger charge is -2.28. The van der Waals surface area contributed by atoms with E-state index in [0.29, 0.717) is 12.3 Å². The van der Waals surface area contributed by atoms with Crippen molar-refractivity contribution in [1.82, 2.24) is 5.32 Å². The van der Waals surface area contributed by atoms with Gasteiger partial charge in [0.05, 0.1) is 6.07 Å². The summed E-state index contributed by atoms with van der Waals surface area (Å²) >= 11 is 0. The van der Waals surface area contributed by atoms with Crippen LogP contribution in [0.4, 0.5) is 4.79 Å². The van der Waals surface area contributed by atoms with Gasteiger partial charge >= 0.3 is 6.09 Å². The van der Waals surface area contributed by atoms with Crippen molar-refractivity contribution in [1.29, 1.82) is 5.26 Å². The van der Waals surface area contributed by atoms with Gasteiger partial charge in [-0.3, -0.25) is 0 Å². The molecular formula is C13H22N2O2. The van der Waals surface area contributed by atoms with Crippen LogP contribution < -0.4 is 5.32 Å². The van der Waals surface area contributed by atoms with Crippen LogP contribution in [0.15, 0.2) is 0 Å². The van der Waals surface area contributed by atoms with Gasteiger partial charge in [-0.15, -0.1) is 0 Å². The van der Waals surface area contributed by atoms with Crippen molar-refractivity contribution in [3.8, 4) is 6.07 Å². The fourth-order valence-electron chi connectivity index (χ4n) is 2.07.